The van der Waals surface area contributed by atoms with Crippen LogP contribution in [0, 0.1) is 5.41 Å². The Kier molecular flexibility index (Phi) is 5.99. The summed E-state index contributed by atoms with van der Waals surface area (Å²) in [5, 5.41) is 3.37. The standard InChI is InChI=1S/C13H24N2S/c1-4-6-7-13(5-2,10-14-3)8-12-9-15-11-16-12/h9,11,14H,4-8,10H2,1-3H3. The molecule has 1 aromatic rings. The molecular weight excluding hydrogens is 216 g/mol. The first-order valence-corrected chi connectivity index (χ1v) is 7.16. The molecule has 0 fully saturated rings. The van der Waals surface area contributed by atoms with E-state index in [4.69, 9.17) is 0 Å². The van der Waals surface area contributed by atoms with Crippen LogP contribution in [0.3, 0.4) is 0 Å². The highest BCUT2D eigenvalue weighted by molar-refractivity contribution is 7.09. The van der Waals surface area contributed by atoms with Gasteiger partial charge in [-0.25, -0.2) is 0 Å². The largest absolute Gasteiger partial charge is 0.319 e. The maximum Gasteiger partial charge on any atom is 0.0794 e. The van der Waals surface area contributed by atoms with Crippen LogP contribution in [-0.4, -0.2) is 18.6 Å². The molecule has 0 bridgehead atoms. The summed E-state index contributed by atoms with van der Waals surface area (Å²) in [6.45, 7) is 5.70. The average Bonchev–Trinajstić information content (AvgIpc) is 2.79. The van der Waals surface area contributed by atoms with Gasteiger partial charge in [-0.1, -0.05) is 26.7 Å². The van der Waals surface area contributed by atoms with Crippen LogP contribution in [0.15, 0.2) is 11.7 Å². The Morgan fingerprint density at radius 1 is 1.44 bits per heavy atom. The van der Waals surface area contributed by atoms with Crippen LogP contribution in [-0.2, 0) is 6.42 Å². The molecule has 16 heavy (non-hydrogen) atoms. The van der Waals surface area contributed by atoms with Crippen molar-refractivity contribution in [3.05, 3.63) is 16.6 Å². The molecule has 92 valence electrons. The Hall–Kier alpha value is -0.410. The minimum atomic E-state index is 0.428. The molecule has 2 nitrogen and oxygen atoms in total. The van der Waals surface area contributed by atoms with E-state index in [0.29, 0.717) is 5.41 Å². The van der Waals surface area contributed by atoms with Crippen LogP contribution in [0.2, 0.25) is 0 Å². The van der Waals surface area contributed by atoms with Gasteiger partial charge in [0.2, 0.25) is 0 Å². The highest BCUT2D eigenvalue weighted by Crippen LogP contribution is 2.33. The molecule has 0 saturated carbocycles. The van der Waals surface area contributed by atoms with Gasteiger partial charge >= 0.3 is 0 Å². The van der Waals surface area contributed by atoms with Crippen LogP contribution in [0.4, 0.5) is 0 Å². The SMILES string of the molecule is CCCCC(CC)(CNC)Cc1cncs1. The topological polar surface area (TPSA) is 24.9 Å². The van der Waals surface area contributed by atoms with Gasteiger partial charge in [0.1, 0.15) is 0 Å². The molecule has 0 amide bonds. The Morgan fingerprint density at radius 2 is 2.25 bits per heavy atom. The maximum absolute atomic E-state index is 4.18. The molecule has 0 saturated heterocycles. The Morgan fingerprint density at radius 3 is 2.75 bits per heavy atom. The van der Waals surface area contributed by atoms with E-state index >= 15 is 0 Å². The minimum absolute atomic E-state index is 0.428. The molecule has 0 aliphatic rings. The lowest BCUT2D eigenvalue weighted by atomic mass is 9.77. The Balaban J connectivity index is 2.67. The number of aromatic nitrogens is 1. The summed E-state index contributed by atoms with van der Waals surface area (Å²) in [6.07, 6.45) is 8.37. The maximum atomic E-state index is 4.18. The molecule has 1 atom stereocenters. The number of unbranched alkanes of at least 4 members (excludes halogenated alkanes) is 1. The van der Waals surface area contributed by atoms with Crippen molar-refractivity contribution in [2.75, 3.05) is 13.6 Å². The third-order valence-electron chi connectivity index (χ3n) is 3.40. The number of nitrogens with zero attached hydrogens (tertiary/aromatic N) is 1. The van der Waals surface area contributed by atoms with E-state index in [2.05, 4.69) is 31.2 Å². The second kappa shape index (κ2) is 7.02. The molecule has 1 heterocycles. The fourth-order valence-electron chi connectivity index (χ4n) is 2.29. The quantitative estimate of drug-likeness (QED) is 0.752. The van der Waals surface area contributed by atoms with Crippen molar-refractivity contribution in [1.82, 2.24) is 10.3 Å². The van der Waals surface area contributed by atoms with Crippen LogP contribution >= 0.6 is 11.3 Å². The normalized spacial score (nSPS) is 14.9. The molecule has 0 radical (unpaired) electrons. The van der Waals surface area contributed by atoms with Gasteiger partial charge in [-0.05, 0) is 31.7 Å². The van der Waals surface area contributed by atoms with Gasteiger partial charge in [-0.3, -0.25) is 4.98 Å². The van der Waals surface area contributed by atoms with E-state index in [1.807, 2.05) is 11.7 Å². The van der Waals surface area contributed by atoms with Crippen LogP contribution in [0.25, 0.3) is 0 Å². The van der Waals surface area contributed by atoms with Crippen LogP contribution in [0.1, 0.15) is 44.4 Å². The van der Waals surface area contributed by atoms with E-state index in [-0.39, 0.29) is 0 Å². The minimum Gasteiger partial charge on any atom is -0.319 e. The summed E-state index contributed by atoms with van der Waals surface area (Å²) in [6, 6.07) is 0. The average molecular weight is 240 g/mol. The Bertz CT molecular complexity index is 271. The monoisotopic (exact) mass is 240 g/mol. The summed E-state index contributed by atoms with van der Waals surface area (Å²) in [5.41, 5.74) is 2.37. The summed E-state index contributed by atoms with van der Waals surface area (Å²) in [5.74, 6) is 0. The third kappa shape index (κ3) is 3.87. The number of nitrogens with one attached hydrogen (secondary N) is 1. The summed E-state index contributed by atoms with van der Waals surface area (Å²) < 4.78 is 0. The van der Waals surface area contributed by atoms with Gasteiger partial charge in [0.05, 0.1) is 5.51 Å². The van der Waals surface area contributed by atoms with Crippen molar-refractivity contribution in [2.45, 2.75) is 46.0 Å². The Labute approximate surface area is 103 Å². The lowest BCUT2D eigenvalue weighted by molar-refractivity contribution is 0.236. The predicted octanol–water partition coefficient (Wildman–Crippen LogP) is 3.49. The molecule has 1 rings (SSSR count). The predicted molar refractivity (Wildman–Crippen MR) is 72.0 cm³/mol. The van der Waals surface area contributed by atoms with Crippen molar-refractivity contribution in [1.29, 1.82) is 0 Å². The van der Waals surface area contributed by atoms with E-state index in [1.54, 1.807) is 11.3 Å². The van der Waals surface area contributed by atoms with Gasteiger partial charge in [0, 0.05) is 17.6 Å². The van der Waals surface area contributed by atoms with E-state index < -0.39 is 0 Å². The second-order valence-electron chi connectivity index (χ2n) is 4.63. The van der Waals surface area contributed by atoms with Crippen molar-refractivity contribution < 1.29 is 0 Å². The molecule has 0 aromatic carbocycles. The number of hydrogen-bond acceptors (Lipinski definition) is 3. The highest BCUT2D eigenvalue weighted by atomic mass is 32.1. The first-order valence-electron chi connectivity index (χ1n) is 6.28. The zero-order chi connectivity index (χ0) is 11.9. The zero-order valence-corrected chi connectivity index (χ0v) is 11.6. The van der Waals surface area contributed by atoms with Crippen molar-refractivity contribution >= 4 is 11.3 Å². The van der Waals surface area contributed by atoms with Gasteiger partial charge < -0.3 is 5.32 Å². The second-order valence-corrected chi connectivity index (χ2v) is 5.60. The number of thiazole rings is 1. The first-order chi connectivity index (χ1) is 7.76. The third-order valence-corrected chi connectivity index (χ3v) is 4.17. The van der Waals surface area contributed by atoms with Crippen molar-refractivity contribution in [3.8, 4) is 0 Å². The van der Waals surface area contributed by atoms with Gasteiger partial charge in [-0.15, -0.1) is 11.3 Å². The highest BCUT2D eigenvalue weighted by Gasteiger charge is 2.27. The molecule has 0 aliphatic heterocycles. The van der Waals surface area contributed by atoms with Crippen molar-refractivity contribution in [3.63, 3.8) is 0 Å². The van der Waals surface area contributed by atoms with Gasteiger partial charge in [0.15, 0.2) is 0 Å². The first kappa shape index (κ1) is 13.7. The number of hydrogen-bond donors (Lipinski definition) is 1. The molecule has 1 aromatic heterocycles. The molecule has 3 heteroatoms. The van der Waals surface area contributed by atoms with Crippen LogP contribution < -0.4 is 5.32 Å². The van der Waals surface area contributed by atoms with E-state index in [9.17, 15) is 0 Å². The lowest BCUT2D eigenvalue weighted by Crippen LogP contribution is -2.34. The molecule has 1 unspecified atom stereocenters. The molecule has 1 N–H and O–H groups in total. The van der Waals surface area contributed by atoms with E-state index in [0.717, 1.165) is 6.54 Å². The number of rotatable bonds is 8. The summed E-state index contributed by atoms with van der Waals surface area (Å²) in [4.78, 5) is 5.60. The van der Waals surface area contributed by atoms with Gasteiger partial charge in [0.25, 0.3) is 0 Å². The zero-order valence-electron chi connectivity index (χ0n) is 10.8. The van der Waals surface area contributed by atoms with E-state index in [1.165, 1.54) is 37.0 Å². The van der Waals surface area contributed by atoms with Crippen molar-refractivity contribution in [2.24, 2.45) is 5.41 Å². The fraction of sp³-hybridized carbons (Fsp3) is 0.769. The molecular formula is C13H24N2S. The molecule has 0 aliphatic carbocycles. The fourth-order valence-corrected chi connectivity index (χ4v) is 3.06. The smallest absolute Gasteiger partial charge is 0.0794 e. The molecule has 0 spiro atoms. The van der Waals surface area contributed by atoms with Gasteiger partial charge in [-0.2, -0.15) is 0 Å². The summed E-state index contributed by atoms with van der Waals surface area (Å²) >= 11 is 1.79. The van der Waals surface area contributed by atoms with Crippen LogP contribution in [0.5, 0.6) is 0 Å². The summed E-state index contributed by atoms with van der Waals surface area (Å²) in [7, 11) is 2.06. The lowest BCUT2D eigenvalue weighted by Gasteiger charge is -2.32.